The molecule has 8 nitrogen and oxygen atoms in total. The van der Waals surface area contributed by atoms with E-state index >= 15 is 0 Å². The summed E-state index contributed by atoms with van der Waals surface area (Å²) in [7, 11) is -3.89. The summed E-state index contributed by atoms with van der Waals surface area (Å²) in [5, 5.41) is 11.0. The summed E-state index contributed by atoms with van der Waals surface area (Å²) >= 11 is 0. The molecule has 98 valence electrons. The highest BCUT2D eigenvalue weighted by molar-refractivity contribution is 7.89. The fraction of sp³-hybridized carbons (Fsp3) is 0.333. The van der Waals surface area contributed by atoms with Crippen LogP contribution in [-0.2, 0) is 10.0 Å². The minimum absolute atomic E-state index is 0.0429. The Morgan fingerprint density at radius 2 is 2.06 bits per heavy atom. The van der Waals surface area contributed by atoms with Gasteiger partial charge in [0.05, 0.1) is 4.92 Å². The minimum atomic E-state index is -3.89. The lowest BCUT2D eigenvalue weighted by atomic mass is 10.3. The number of nitrogens with two attached hydrogens (primary N) is 1. The molecule has 0 heterocycles. The van der Waals surface area contributed by atoms with E-state index in [2.05, 4.69) is 10.1 Å². The second-order valence-corrected chi connectivity index (χ2v) is 5.63. The highest BCUT2D eigenvalue weighted by Crippen LogP contribution is 2.32. The van der Waals surface area contributed by atoms with Crippen molar-refractivity contribution in [2.24, 2.45) is 5.84 Å². The molecule has 0 atom stereocenters. The monoisotopic (exact) mass is 272 g/mol. The molecule has 0 amide bonds. The molecule has 0 spiro atoms. The van der Waals surface area contributed by atoms with Gasteiger partial charge in [0.2, 0.25) is 10.0 Å². The van der Waals surface area contributed by atoms with Gasteiger partial charge in [-0.25, -0.2) is 13.1 Å². The third-order valence-corrected chi connectivity index (χ3v) is 4.08. The lowest BCUT2D eigenvalue weighted by Gasteiger charge is -2.08. The standard InChI is InChI=1S/C9H12N4O4S/c10-11-7-2-1-3-8(9(7)13(14)15)18(16,17)12-6-4-5-6/h1-3,6,11-12H,4-5,10H2. The zero-order chi connectivity index (χ0) is 13.3. The third kappa shape index (κ3) is 2.42. The Balaban J connectivity index is 2.52. The van der Waals surface area contributed by atoms with Crippen molar-refractivity contribution in [3.8, 4) is 0 Å². The van der Waals surface area contributed by atoms with Crippen LogP contribution in [0.1, 0.15) is 12.8 Å². The van der Waals surface area contributed by atoms with Gasteiger partial charge in [-0.15, -0.1) is 0 Å². The first-order valence-electron chi connectivity index (χ1n) is 5.22. The number of nitrogens with zero attached hydrogens (tertiary/aromatic N) is 1. The van der Waals surface area contributed by atoms with Crippen LogP contribution in [0, 0.1) is 10.1 Å². The van der Waals surface area contributed by atoms with Crippen LogP contribution < -0.4 is 16.0 Å². The number of hydrogen-bond donors (Lipinski definition) is 3. The number of rotatable bonds is 5. The van der Waals surface area contributed by atoms with Crippen molar-refractivity contribution < 1.29 is 13.3 Å². The predicted molar refractivity (Wildman–Crippen MR) is 64.2 cm³/mol. The molecule has 1 fully saturated rings. The Hall–Kier alpha value is -1.71. The molecule has 2 rings (SSSR count). The summed E-state index contributed by atoms with van der Waals surface area (Å²) in [4.78, 5) is 9.82. The number of nitrogens with one attached hydrogen (secondary N) is 2. The van der Waals surface area contributed by atoms with Gasteiger partial charge in [-0.05, 0) is 25.0 Å². The van der Waals surface area contributed by atoms with Gasteiger partial charge in [-0.3, -0.25) is 16.0 Å². The van der Waals surface area contributed by atoms with Crippen molar-refractivity contribution in [2.75, 3.05) is 5.43 Å². The van der Waals surface area contributed by atoms with E-state index in [0.717, 1.165) is 12.8 Å². The van der Waals surface area contributed by atoms with E-state index in [0.29, 0.717) is 0 Å². The largest absolute Gasteiger partial charge is 0.318 e. The van der Waals surface area contributed by atoms with Crippen LogP contribution in [-0.4, -0.2) is 19.4 Å². The summed E-state index contributed by atoms with van der Waals surface area (Å²) in [6.07, 6.45) is 1.50. The topological polar surface area (TPSA) is 127 Å². The molecule has 1 aliphatic carbocycles. The van der Waals surface area contributed by atoms with Crippen molar-refractivity contribution in [1.82, 2.24) is 4.72 Å². The van der Waals surface area contributed by atoms with E-state index in [4.69, 9.17) is 5.84 Å². The van der Waals surface area contributed by atoms with Gasteiger partial charge in [-0.2, -0.15) is 0 Å². The van der Waals surface area contributed by atoms with Crippen LogP contribution in [0.2, 0.25) is 0 Å². The van der Waals surface area contributed by atoms with E-state index in [9.17, 15) is 18.5 Å². The molecule has 0 radical (unpaired) electrons. The Morgan fingerprint density at radius 1 is 1.39 bits per heavy atom. The molecule has 4 N–H and O–H groups in total. The number of benzene rings is 1. The Kier molecular flexibility index (Phi) is 3.20. The summed E-state index contributed by atoms with van der Waals surface area (Å²) in [6, 6.07) is 3.80. The highest BCUT2D eigenvalue weighted by atomic mass is 32.2. The number of nitro groups is 1. The zero-order valence-electron chi connectivity index (χ0n) is 9.29. The number of sulfonamides is 1. The van der Waals surface area contributed by atoms with Gasteiger partial charge in [0, 0.05) is 6.04 Å². The maximum absolute atomic E-state index is 12.0. The number of para-hydroxylation sites is 1. The molecule has 9 heteroatoms. The van der Waals surface area contributed by atoms with Crippen LogP contribution in [0.15, 0.2) is 23.1 Å². The first-order chi connectivity index (χ1) is 8.45. The molecule has 18 heavy (non-hydrogen) atoms. The van der Waals surface area contributed by atoms with Crippen molar-refractivity contribution in [3.63, 3.8) is 0 Å². The van der Waals surface area contributed by atoms with E-state index < -0.39 is 20.6 Å². The Morgan fingerprint density at radius 3 is 2.56 bits per heavy atom. The van der Waals surface area contributed by atoms with Crippen LogP contribution in [0.4, 0.5) is 11.4 Å². The van der Waals surface area contributed by atoms with Crippen molar-refractivity contribution in [1.29, 1.82) is 0 Å². The zero-order valence-corrected chi connectivity index (χ0v) is 10.1. The molecular weight excluding hydrogens is 260 g/mol. The fourth-order valence-corrected chi connectivity index (χ4v) is 3.03. The van der Waals surface area contributed by atoms with E-state index in [1.807, 2.05) is 0 Å². The summed E-state index contributed by atoms with van der Waals surface area (Å²) in [6.45, 7) is 0. The molecule has 0 bridgehead atoms. The highest BCUT2D eigenvalue weighted by Gasteiger charge is 2.33. The number of hydrazine groups is 1. The third-order valence-electron chi connectivity index (χ3n) is 2.53. The van der Waals surface area contributed by atoms with Crippen molar-refractivity contribution in [3.05, 3.63) is 28.3 Å². The van der Waals surface area contributed by atoms with E-state index in [1.165, 1.54) is 18.2 Å². The van der Waals surface area contributed by atoms with Gasteiger partial charge < -0.3 is 5.43 Å². The minimum Gasteiger partial charge on any atom is -0.318 e. The van der Waals surface area contributed by atoms with Crippen LogP contribution in [0.3, 0.4) is 0 Å². The number of nitrogen functional groups attached to an aromatic ring is 1. The van der Waals surface area contributed by atoms with Gasteiger partial charge in [0.1, 0.15) is 5.69 Å². The molecule has 1 aromatic rings. The van der Waals surface area contributed by atoms with Gasteiger partial charge >= 0.3 is 5.69 Å². The lowest BCUT2D eigenvalue weighted by Crippen LogP contribution is -2.26. The molecular formula is C9H12N4O4S. The van der Waals surface area contributed by atoms with Gasteiger partial charge in [0.25, 0.3) is 0 Å². The number of anilines is 1. The quantitative estimate of drug-likeness (QED) is 0.402. The number of hydrogen-bond acceptors (Lipinski definition) is 6. The normalized spacial score (nSPS) is 15.4. The molecule has 0 unspecified atom stereocenters. The first-order valence-corrected chi connectivity index (χ1v) is 6.70. The summed E-state index contributed by atoms with van der Waals surface area (Å²) < 4.78 is 26.4. The lowest BCUT2D eigenvalue weighted by molar-refractivity contribution is -0.386. The summed E-state index contributed by atoms with van der Waals surface area (Å²) in [5.74, 6) is 5.14. The molecule has 0 saturated heterocycles. The smallest absolute Gasteiger partial charge is 0.313 e. The average molecular weight is 272 g/mol. The predicted octanol–water partition coefficient (Wildman–Crippen LogP) is 0.321. The Labute approximate surface area is 103 Å². The van der Waals surface area contributed by atoms with Crippen molar-refractivity contribution in [2.45, 2.75) is 23.8 Å². The molecule has 0 aliphatic heterocycles. The second-order valence-electron chi connectivity index (χ2n) is 3.95. The fourth-order valence-electron chi connectivity index (χ4n) is 1.53. The SMILES string of the molecule is NNc1cccc(S(=O)(=O)NC2CC2)c1[N+](=O)[O-]. The summed E-state index contributed by atoms with van der Waals surface area (Å²) in [5.41, 5.74) is 1.53. The number of nitro benzene ring substituents is 1. The van der Waals surface area contributed by atoms with Gasteiger partial charge in [0.15, 0.2) is 4.90 Å². The van der Waals surface area contributed by atoms with Crippen LogP contribution >= 0.6 is 0 Å². The van der Waals surface area contributed by atoms with E-state index in [1.54, 1.807) is 0 Å². The Bertz CT molecular complexity index is 582. The molecule has 1 saturated carbocycles. The first kappa shape index (κ1) is 12.7. The van der Waals surface area contributed by atoms with Crippen LogP contribution in [0.25, 0.3) is 0 Å². The molecule has 0 aromatic heterocycles. The average Bonchev–Trinajstić information content (AvgIpc) is 3.11. The molecule has 1 aliphatic rings. The second kappa shape index (κ2) is 4.52. The van der Waals surface area contributed by atoms with Gasteiger partial charge in [-0.1, -0.05) is 6.07 Å². The van der Waals surface area contributed by atoms with Crippen LogP contribution in [0.5, 0.6) is 0 Å². The molecule has 1 aromatic carbocycles. The maximum Gasteiger partial charge on any atom is 0.313 e. The van der Waals surface area contributed by atoms with E-state index in [-0.39, 0.29) is 16.6 Å². The maximum atomic E-state index is 12.0. The van der Waals surface area contributed by atoms with Crippen molar-refractivity contribution >= 4 is 21.4 Å².